The summed E-state index contributed by atoms with van der Waals surface area (Å²) in [5.41, 5.74) is 0.875. The topological polar surface area (TPSA) is 46.2 Å². The summed E-state index contributed by atoms with van der Waals surface area (Å²) >= 11 is 11.0. The minimum Gasteiger partial charge on any atom is -0.494 e. The van der Waals surface area contributed by atoms with Crippen LogP contribution in [0.1, 0.15) is 6.92 Å². The van der Waals surface area contributed by atoms with Crippen molar-refractivity contribution < 1.29 is 4.74 Å². The number of aromatic nitrogens is 1. The summed E-state index contributed by atoms with van der Waals surface area (Å²) in [4.78, 5) is 4.11. The number of hydrogen-bond donors (Lipinski definition) is 2. The number of thiocarbonyl (C=S) groups is 1. The van der Waals surface area contributed by atoms with E-state index >= 15 is 0 Å². The number of pyridine rings is 1. The van der Waals surface area contributed by atoms with Gasteiger partial charge in [0, 0.05) is 11.9 Å². The largest absolute Gasteiger partial charge is 0.494 e. The molecule has 0 unspecified atom stereocenters. The summed E-state index contributed by atoms with van der Waals surface area (Å²) in [7, 11) is 0. The lowest BCUT2D eigenvalue weighted by atomic mass is 10.3. The molecular formula is C14H14ClN3OS. The first-order valence-electron chi connectivity index (χ1n) is 6.10. The average Bonchev–Trinajstić information content (AvgIpc) is 2.44. The molecule has 0 fully saturated rings. The Kier molecular flexibility index (Phi) is 5.15. The lowest BCUT2D eigenvalue weighted by Crippen LogP contribution is -2.19. The van der Waals surface area contributed by atoms with Gasteiger partial charge in [-0.25, -0.2) is 4.98 Å². The second-order valence-electron chi connectivity index (χ2n) is 3.90. The van der Waals surface area contributed by atoms with E-state index in [0.29, 0.717) is 22.6 Å². The minimum absolute atomic E-state index is 0.462. The van der Waals surface area contributed by atoms with Crippen molar-refractivity contribution in [1.82, 2.24) is 4.98 Å². The molecule has 0 spiro atoms. The van der Waals surface area contributed by atoms with E-state index in [1.165, 1.54) is 0 Å². The average molecular weight is 308 g/mol. The predicted octanol–water partition coefficient (Wildman–Crippen LogP) is 3.94. The number of hydrogen-bond acceptors (Lipinski definition) is 3. The first kappa shape index (κ1) is 14.6. The molecule has 1 aromatic carbocycles. The maximum atomic E-state index is 5.77. The molecule has 1 heterocycles. The number of halogens is 1. The van der Waals surface area contributed by atoms with Gasteiger partial charge in [0.15, 0.2) is 5.11 Å². The van der Waals surface area contributed by atoms with Gasteiger partial charge in [-0.15, -0.1) is 0 Å². The van der Waals surface area contributed by atoms with Gasteiger partial charge < -0.3 is 15.4 Å². The highest BCUT2D eigenvalue weighted by molar-refractivity contribution is 7.80. The fraction of sp³-hybridized carbons (Fsp3) is 0.143. The third kappa shape index (κ3) is 4.36. The summed E-state index contributed by atoms with van der Waals surface area (Å²) in [6.07, 6.45) is 1.56. The Bertz CT molecular complexity index is 572. The van der Waals surface area contributed by atoms with Crippen LogP contribution < -0.4 is 15.4 Å². The molecule has 4 nitrogen and oxygen atoms in total. The zero-order chi connectivity index (χ0) is 14.4. The molecule has 0 saturated carbocycles. The van der Waals surface area contributed by atoms with Gasteiger partial charge in [0.05, 0.1) is 11.6 Å². The van der Waals surface area contributed by atoms with Crippen LogP contribution in [0, 0.1) is 0 Å². The van der Waals surface area contributed by atoms with Crippen LogP contribution in [0.25, 0.3) is 0 Å². The van der Waals surface area contributed by atoms with Gasteiger partial charge in [0.25, 0.3) is 0 Å². The smallest absolute Gasteiger partial charge is 0.176 e. The van der Waals surface area contributed by atoms with Gasteiger partial charge in [-0.1, -0.05) is 11.6 Å². The molecule has 6 heteroatoms. The molecule has 0 saturated heterocycles. The Balaban J connectivity index is 1.92. The lowest BCUT2D eigenvalue weighted by Gasteiger charge is -2.10. The summed E-state index contributed by atoms with van der Waals surface area (Å²) < 4.78 is 5.37. The maximum Gasteiger partial charge on any atom is 0.176 e. The second kappa shape index (κ2) is 7.07. The van der Waals surface area contributed by atoms with E-state index < -0.39 is 0 Å². The van der Waals surface area contributed by atoms with Gasteiger partial charge in [0.1, 0.15) is 11.6 Å². The monoisotopic (exact) mass is 307 g/mol. The van der Waals surface area contributed by atoms with Crippen LogP contribution in [0.5, 0.6) is 5.75 Å². The molecule has 0 aliphatic rings. The van der Waals surface area contributed by atoms with Crippen molar-refractivity contribution in [3.8, 4) is 5.75 Å². The first-order chi connectivity index (χ1) is 9.67. The number of nitrogens with one attached hydrogen (secondary N) is 2. The van der Waals surface area contributed by atoms with E-state index in [2.05, 4.69) is 15.6 Å². The SMILES string of the molecule is CCOc1ccc(NC(=S)Nc2ccc(Cl)cn2)cc1. The van der Waals surface area contributed by atoms with Gasteiger partial charge >= 0.3 is 0 Å². The summed E-state index contributed by atoms with van der Waals surface area (Å²) in [6, 6.07) is 11.1. The normalized spacial score (nSPS) is 9.90. The van der Waals surface area contributed by atoms with Crippen molar-refractivity contribution in [2.75, 3.05) is 17.2 Å². The standard InChI is InChI=1S/C14H14ClN3OS/c1-2-19-12-6-4-11(5-7-12)17-14(20)18-13-8-3-10(15)9-16-13/h3-9H,2H2,1H3,(H2,16,17,18,20). The number of benzene rings is 1. The van der Waals surface area contributed by atoms with Crippen LogP contribution in [0.3, 0.4) is 0 Å². The number of anilines is 2. The van der Waals surface area contributed by atoms with E-state index in [0.717, 1.165) is 11.4 Å². The van der Waals surface area contributed by atoms with Crippen LogP contribution in [0.4, 0.5) is 11.5 Å². The van der Waals surface area contributed by atoms with E-state index in [-0.39, 0.29) is 0 Å². The van der Waals surface area contributed by atoms with E-state index in [1.54, 1.807) is 18.3 Å². The summed E-state index contributed by atoms with van der Waals surface area (Å²) in [5, 5.41) is 7.09. The molecule has 0 aliphatic carbocycles. The van der Waals surface area contributed by atoms with Crippen molar-refractivity contribution in [1.29, 1.82) is 0 Å². The first-order valence-corrected chi connectivity index (χ1v) is 6.88. The Morgan fingerprint density at radius 2 is 1.95 bits per heavy atom. The highest BCUT2D eigenvalue weighted by atomic mass is 35.5. The molecule has 2 N–H and O–H groups in total. The second-order valence-corrected chi connectivity index (χ2v) is 4.74. The van der Waals surface area contributed by atoms with Crippen molar-refractivity contribution in [2.45, 2.75) is 6.92 Å². The van der Waals surface area contributed by atoms with Crippen molar-refractivity contribution in [3.63, 3.8) is 0 Å². The number of ether oxygens (including phenoxy) is 1. The molecule has 0 radical (unpaired) electrons. The highest BCUT2D eigenvalue weighted by Gasteiger charge is 2.00. The van der Waals surface area contributed by atoms with Crippen molar-refractivity contribution >= 4 is 40.4 Å². The van der Waals surface area contributed by atoms with E-state index in [1.807, 2.05) is 31.2 Å². The van der Waals surface area contributed by atoms with Crippen LogP contribution >= 0.6 is 23.8 Å². The minimum atomic E-state index is 0.462. The fourth-order valence-electron chi connectivity index (χ4n) is 1.53. The highest BCUT2D eigenvalue weighted by Crippen LogP contribution is 2.16. The maximum absolute atomic E-state index is 5.77. The number of nitrogens with zero attached hydrogens (tertiary/aromatic N) is 1. The molecule has 2 rings (SSSR count). The van der Waals surface area contributed by atoms with Gasteiger partial charge in [-0.2, -0.15) is 0 Å². The van der Waals surface area contributed by atoms with Crippen molar-refractivity contribution in [2.24, 2.45) is 0 Å². The molecular weight excluding hydrogens is 294 g/mol. The van der Waals surface area contributed by atoms with Crippen molar-refractivity contribution in [3.05, 3.63) is 47.6 Å². The molecule has 20 heavy (non-hydrogen) atoms. The van der Waals surface area contributed by atoms with Crippen LogP contribution in [-0.4, -0.2) is 16.7 Å². The van der Waals surface area contributed by atoms with E-state index in [4.69, 9.17) is 28.6 Å². The molecule has 104 valence electrons. The third-order valence-electron chi connectivity index (χ3n) is 2.39. The Morgan fingerprint density at radius 1 is 1.20 bits per heavy atom. The zero-order valence-corrected chi connectivity index (χ0v) is 12.5. The molecule has 0 aliphatic heterocycles. The fourth-order valence-corrected chi connectivity index (χ4v) is 1.86. The lowest BCUT2D eigenvalue weighted by molar-refractivity contribution is 0.340. The van der Waals surface area contributed by atoms with Gasteiger partial charge in [-0.05, 0) is 55.5 Å². The Hall–Kier alpha value is -1.85. The van der Waals surface area contributed by atoms with E-state index in [9.17, 15) is 0 Å². The third-order valence-corrected chi connectivity index (χ3v) is 2.82. The number of rotatable bonds is 4. The van der Waals surface area contributed by atoms with Crippen LogP contribution in [-0.2, 0) is 0 Å². The quantitative estimate of drug-likeness (QED) is 0.838. The Morgan fingerprint density at radius 3 is 2.55 bits per heavy atom. The van der Waals surface area contributed by atoms with Crippen LogP contribution in [0.2, 0.25) is 5.02 Å². The zero-order valence-electron chi connectivity index (χ0n) is 10.9. The molecule has 0 amide bonds. The van der Waals surface area contributed by atoms with Gasteiger partial charge in [-0.3, -0.25) is 0 Å². The summed E-state index contributed by atoms with van der Waals surface area (Å²) in [6.45, 7) is 2.60. The van der Waals surface area contributed by atoms with Crippen LogP contribution in [0.15, 0.2) is 42.6 Å². The molecule has 0 bridgehead atoms. The Labute approximate surface area is 128 Å². The summed E-state index contributed by atoms with van der Waals surface area (Å²) in [5.74, 6) is 1.47. The molecule has 1 aromatic heterocycles. The molecule has 0 atom stereocenters. The predicted molar refractivity (Wildman–Crippen MR) is 86.7 cm³/mol. The van der Waals surface area contributed by atoms with Gasteiger partial charge in [0.2, 0.25) is 0 Å². The molecule has 2 aromatic rings.